The Bertz CT molecular complexity index is 412. The molecule has 1 aliphatic heterocycles. The van der Waals surface area contributed by atoms with Gasteiger partial charge in [-0.15, -0.1) is 0 Å². The minimum atomic E-state index is -0.289. The van der Waals surface area contributed by atoms with Crippen molar-refractivity contribution in [1.29, 1.82) is 0 Å². The van der Waals surface area contributed by atoms with Crippen LogP contribution in [0.4, 0.5) is 4.39 Å². The molecule has 0 atom stereocenters. The molecule has 0 radical (unpaired) electrons. The lowest BCUT2D eigenvalue weighted by Crippen LogP contribution is -2.30. The van der Waals surface area contributed by atoms with Crippen LogP contribution in [-0.2, 0) is 4.79 Å². The Kier molecular flexibility index (Phi) is 2.81. The minimum Gasteiger partial charge on any atom is -0.352 e. The fourth-order valence-corrected chi connectivity index (χ4v) is 1.63. The van der Waals surface area contributed by atoms with E-state index in [9.17, 15) is 9.18 Å². The third-order valence-corrected chi connectivity index (χ3v) is 2.44. The molecule has 1 heterocycles. The molecular formula is C12H12FNO. The Labute approximate surface area is 87.8 Å². The van der Waals surface area contributed by atoms with E-state index in [4.69, 9.17) is 0 Å². The van der Waals surface area contributed by atoms with Crippen molar-refractivity contribution in [3.63, 3.8) is 0 Å². The topological polar surface area (TPSA) is 29.1 Å². The summed E-state index contributed by atoms with van der Waals surface area (Å²) < 4.78 is 13.3. The van der Waals surface area contributed by atoms with Crippen molar-refractivity contribution in [2.24, 2.45) is 0 Å². The SMILES string of the molecule is O=C1NCCC/C1=C/c1ccccc1F. The number of halogens is 1. The first-order valence-corrected chi connectivity index (χ1v) is 5.00. The zero-order valence-corrected chi connectivity index (χ0v) is 8.29. The normalized spacial score (nSPS) is 19.0. The van der Waals surface area contributed by atoms with E-state index in [-0.39, 0.29) is 11.7 Å². The summed E-state index contributed by atoms with van der Waals surface area (Å²) in [5.74, 6) is -0.368. The zero-order chi connectivity index (χ0) is 10.7. The number of nitrogens with one attached hydrogen (secondary N) is 1. The summed E-state index contributed by atoms with van der Waals surface area (Å²) in [6.07, 6.45) is 3.27. The fourth-order valence-electron chi connectivity index (χ4n) is 1.63. The van der Waals surface area contributed by atoms with Crippen molar-refractivity contribution in [3.8, 4) is 0 Å². The van der Waals surface area contributed by atoms with E-state index < -0.39 is 0 Å². The van der Waals surface area contributed by atoms with Crippen LogP contribution in [0.15, 0.2) is 29.8 Å². The van der Waals surface area contributed by atoms with Gasteiger partial charge in [-0.25, -0.2) is 4.39 Å². The Morgan fingerprint density at radius 2 is 2.13 bits per heavy atom. The van der Waals surface area contributed by atoms with Crippen LogP contribution < -0.4 is 5.32 Å². The molecule has 1 amide bonds. The predicted octanol–water partition coefficient (Wildman–Crippen LogP) is 2.12. The van der Waals surface area contributed by atoms with Gasteiger partial charge in [0.25, 0.3) is 0 Å². The van der Waals surface area contributed by atoms with Crippen molar-refractivity contribution in [1.82, 2.24) is 5.32 Å². The first-order chi connectivity index (χ1) is 7.27. The number of rotatable bonds is 1. The Hall–Kier alpha value is -1.64. The molecule has 3 heteroatoms. The lowest BCUT2D eigenvalue weighted by atomic mass is 10.0. The van der Waals surface area contributed by atoms with Gasteiger partial charge in [-0.3, -0.25) is 4.79 Å². The molecule has 0 aromatic heterocycles. The van der Waals surface area contributed by atoms with Crippen LogP contribution in [0.25, 0.3) is 6.08 Å². The molecule has 15 heavy (non-hydrogen) atoms. The number of piperidine rings is 1. The molecule has 2 rings (SSSR count). The maximum Gasteiger partial charge on any atom is 0.247 e. The molecule has 0 aliphatic carbocycles. The smallest absolute Gasteiger partial charge is 0.247 e. The van der Waals surface area contributed by atoms with E-state index in [1.807, 2.05) is 0 Å². The van der Waals surface area contributed by atoms with Crippen LogP contribution in [0.2, 0.25) is 0 Å². The average molecular weight is 205 g/mol. The molecule has 0 bridgehead atoms. The highest BCUT2D eigenvalue weighted by Crippen LogP contribution is 2.16. The third-order valence-electron chi connectivity index (χ3n) is 2.44. The third kappa shape index (κ3) is 2.24. The highest BCUT2D eigenvalue weighted by molar-refractivity contribution is 5.98. The van der Waals surface area contributed by atoms with Gasteiger partial charge in [0.15, 0.2) is 0 Å². The van der Waals surface area contributed by atoms with Crippen molar-refractivity contribution in [2.75, 3.05) is 6.54 Å². The van der Waals surface area contributed by atoms with Gasteiger partial charge < -0.3 is 5.32 Å². The van der Waals surface area contributed by atoms with Crippen LogP contribution in [0.3, 0.4) is 0 Å². The Balaban J connectivity index is 2.29. The second kappa shape index (κ2) is 4.26. The molecule has 0 unspecified atom stereocenters. The molecule has 0 saturated carbocycles. The highest BCUT2D eigenvalue weighted by atomic mass is 19.1. The summed E-state index contributed by atoms with van der Waals surface area (Å²) in [5, 5.41) is 2.74. The van der Waals surface area contributed by atoms with Crippen molar-refractivity contribution in [2.45, 2.75) is 12.8 Å². The van der Waals surface area contributed by atoms with Gasteiger partial charge >= 0.3 is 0 Å². The summed E-state index contributed by atoms with van der Waals surface area (Å²) in [7, 11) is 0. The molecule has 1 N–H and O–H groups in total. The Morgan fingerprint density at radius 1 is 1.33 bits per heavy atom. The molecule has 1 saturated heterocycles. The van der Waals surface area contributed by atoms with E-state index in [2.05, 4.69) is 5.32 Å². The van der Waals surface area contributed by atoms with Gasteiger partial charge in [0.05, 0.1) is 0 Å². The van der Waals surface area contributed by atoms with Gasteiger partial charge in [0.1, 0.15) is 5.82 Å². The quantitative estimate of drug-likeness (QED) is 0.699. The van der Waals surface area contributed by atoms with Crippen LogP contribution in [0.1, 0.15) is 18.4 Å². The number of benzene rings is 1. The molecule has 2 nitrogen and oxygen atoms in total. The van der Waals surface area contributed by atoms with Gasteiger partial charge in [-0.05, 0) is 25.0 Å². The molecule has 1 aliphatic rings. The number of amides is 1. The lowest BCUT2D eigenvalue weighted by Gasteiger charge is -2.14. The molecule has 1 aromatic carbocycles. The summed E-state index contributed by atoms with van der Waals surface area (Å²) in [5.41, 5.74) is 1.14. The van der Waals surface area contributed by atoms with E-state index in [0.717, 1.165) is 12.8 Å². The largest absolute Gasteiger partial charge is 0.352 e. The number of hydrogen-bond acceptors (Lipinski definition) is 1. The van der Waals surface area contributed by atoms with Crippen LogP contribution in [-0.4, -0.2) is 12.5 Å². The minimum absolute atomic E-state index is 0.0792. The fraction of sp³-hybridized carbons (Fsp3) is 0.250. The molecule has 1 aromatic rings. The van der Waals surface area contributed by atoms with E-state index in [0.29, 0.717) is 17.7 Å². The molecule has 1 fully saturated rings. The summed E-state index contributed by atoms with van der Waals surface area (Å²) in [6, 6.07) is 6.46. The number of hydrogen-bond donors (Lipinski definition) is 1. The Morgan fingerprint density at radius 3 is 2.87 bits per heavy atom. The zero-order valence-electron chi connectivity index (χ0n) is 8.29. The maximum absolute atomic E-state index is 13.3. The summed E-state index contributed by atoms with van der Waals surface area (Å²) in [4.78, 5) is 11.4. The predicted molar refractivity (Wildman–Crippen MR) is 56.6 cm³/mol. The number of carbonyl (C=O) groups excluding carboxylic acids is 1. The molecule has 0 spiro atoms. The monoisotopic (exact) mass is 205 g/mol. The van der Waals surface area contributed by atoms with Gasteiger partial charge in [0, 0.05) is 17.7 Å². The van der Waals surface area contributed by atoms with Crippen molar-refractivity contribution >= 4 is 12.0 Å². The summed E-state index contributed by atoms with van der Waals surface area (Å²) >= 11 is 0. The highest BCUT2D eigenvalue weighted by Gasteiger charge is 2.14. The first kappa shape index (κ1) is 9.90. The lowest BCUT2D eigenvalue weighted by molar-refractivity contribution is -0.118. The summed E-state index contributed by atoms with van der Waals surface area (Å²) in [6.45, 7) is 0.716. The van der Waals surface area contributed by atoms with E-state index in [1.165, 1.54) is 6.07 Å². The standard InChI is InChI=1S/C12H12FNO/c13-11-6-2-1-4-9(11)8-10-5-3-7-14-12(10)15/h1-2,4,6,8H,3,5,7H2,(H,14,15)/b10-8-. The van der Waals surface area contributed by atoms with Crippen molar-refractivity contribution in [3.05, 3.63) is 41.2 Å². The van der Waals surface area contributed by atoms with Gasteiger partial charge in [-0.2, -0.15) is 0 Å². The van der Waals surface area contributed by atoms with Crippen LogP contribution >= 0.6 is 0 Å². The van der Waals surface area contributed by atoms with Crippen LogP contribution in [0.5, 0.6) is 0 Å². The maximum atomic E-state index is 13.3. The van der Waals surface area contributed by atoms with Gasteiger partial charge in [-0.1, -0.05) is 18.2 Å². The first-order valence-electron chi connectivity index (χ1n) is 5.00. The average Bonchev–Trinajstić information content (AvgIpc) is 2.24. The van der Waals surface area contributed by atoms with Crippen LogP contribution in [0, 0.1) is 5.82 Å². The number of carbonyl (C=O) groups is 1. The van der Waals surface area contributed by atoms with Gasteiger partial charge in [0.2, 0.25) is 5.91 Å². The van der Waals surface area contributed by atoms with E-state index in [1.54, 1.807) is 24.3 Å². The van der Waals surface area contributed by atoms with Crippen molar-refractivity contribution < 1.29 is 9.18 Å². The molecular weight excluding hydrogens is 193 g/mol. The second-order valence-electron chi connectivity index (χ2n) is 3.55. The molecule has 78 valence electrons. The van der Waals surface area contributed by atoms with E-state index >= 15 is 0 Å². The second-order valence-corrected chi connectivity index (χ2v) is 3.55.